The lowest BCUT2D eigenvalue weighted by molar-refractivity contribution is -0.143. The highest BCUT2D eigenvalue weighted by molar-refractivity contribution is 5.69. The molecule has 1 atom stereocenters. The second-order valence-corrected chi connectivity index (χ2v) is 4.32. The molecule has 0 rings (SSSR count). The molecule has 106 valence electrons. The van der Waals surface area contributed by atoms with E-state index < -0.39 is 5.97 Å². The van der Waals surface area contributed by atoms with E-state index in [4.69, 9.17) is 9.84 Å². The fraction of sp³-hybridized carbons (Fsp3) is 0.846. The molecule has 1 unspecified atom stereocenters. The Morgan fingerprint density at radius 3 is 2.44 bits per heavy atom. The molecule has 0 heterocycles. The predicted octanol–water partition coefficient (Wildman–Crippen LogP) is 1.90. The van der Waals surface area contributed by atoms with E-state index in [0.29, 0.717) is 19.4 Å². The highest BCUT2D eigenvalue weighted by atomic mass is 16.5. The third kappa shape index (κ3) is 8.06. The Morgan fingerprint density at radius 2 is 1.94 bits per heavy atom. The Morgan fingerprint density at radius 1 is 1.28 bits per heavy atom. The Hall–Kier alpha value is -1.10. The molecule has 0 aromatic heterocycles. The van der Waals surface area contributed by atoms with E-state index in [-0.39, 0.29) is 18.4 Å². The minimum atomic E-state index is -0.760. The van der Waals surface area contributed by atoms with Crippen LogP contribution in [-0.2, 0) is 14.3 Å². The molecule has 5 heteroatoms. The standard InChI is InChI=1S/C13H25NO4/c1-4-14(11(3)8-9-12(15)16)10-6-7-13(17)18-5-2/h11H,4-10H2,1-3H3,(H,15,16). The van der Waals surface area contributed by atoms with Gasteiger partial charge in [0.2, 0.25) is 0 Å². The molecule has 0 aromatic carbocycles. The number of hydrogen-bond donors (Lipinski definition) is 1. The van der Waals surface area contributed by atoms with Gasteiger partial charge in [-0.2, -0.15) is 0 Å². The van der Waals surface area contributed by atoms with E-state index in [9.17, 15) is 9.59 Å². The largest absolute Gasteiger partial charge is 0.481 e. The summed E-state index contributed by atoms with van der Waals surface area (Å²) >= 11 is 0. The summed E-state index contributed by atoms with van der Waals surface area (Å²) in [6, 6.07) is 0.230. The van der Waals surface area contributed by atoms with Crippen LogP contribution in [0.3, 0.4) is 0 Å². The fourth-order valence-electron chi connectivity index (χ4n) is 1.86. The summed E-state index contributed by atoms with van der Waals surface area (Å²) in [5, 5.41) is 8.65. The average molecular weight is 259 g/mol. The summed E-state index contributed by atoms with van der Waals surface area (Å²) in [5.74, 6) is -0.920. The minimum absolute atomic E-state index is 0.160. The smallest absolute Gasteiger partial charge is 0.305 e. The van der Waals surface area contributed by atoms with Gasteiger partial charge >= 0.3 is 11.9 Å². The molecular weight excluding hydrogens is 234 g/mol. The molecule has 0 aliphatic carbocycles. The first-order valence-corrected chi connectivity index (χ1v) is 6.62. The summed E-state index contributed by atoms with van der Waals surface area (Å²) < 4.78 is 4.86. The molecule has 0 aliphatic heterocycles. The molecular formula is C13H25NO4. The molecule has 0 radical (unpaired) electrons. The SMILES string of the molecule is CCOC(=O)CCCN(CC)C(C)CCC(=O)O. The van der Waals surface area contributed by atoms with E-state index in [1.807, 2.05) is 13.8 Å². The van der Waals surface area contributed by atoms with Crippen molar-refractivity contribution in [3.63, 3.8) is 0 Å². The lowest BCUT2D eigenvalue weighted by Crippen LogP contribution is -2.34. The van der Waals surface area contributed by atoms with Gasteiger partial charge in [0.25, 0.3) is 0 Å². The lowest BCUT2D eigenvalue weighted by atomic mass is 10.1. The van der Waals surface area contributed by atoms with Crippen LogP contribution in [0.2, 0.25) is 0 Å². The van der Waals surface area contributed by atoms with Crippen LogP contribution < -0.4 is 0 Å². The Balaban J connectivity index is 3.87. The molecule has 0 amide bonds. The van der Waals surface area contributed by atoms with Crippen molar-refractivity contribution < 1.29 is 19.4 Å². The van der Waals surface area contributed by atoms with E-state index >= 15 is 0 Å². The third-order valence-electron chi connectivity index (χ3n) is 2.94. The molecule has 0 saturated heterocycles. The zero-order valence-corrected chi connectivity index (χ0v) is 11.6. The van der Waals surface area contributed by atoms with Crippen molar-refractivity contribution in [2.24, 2.45) is 0 Å². The number of carbonyl (C=O) groups excluding carboxylic acids is 1. The molecule has 0 aromatic rings. The normalized spacial score (nSPS) is 12.4. The number of carbonyl (C=O) groups is 2. The first kappa shape index (κ1) is 16.9. The number of esters is 1. The average Bonchev–Trinajstić information content (AvgIpc) is 2.32. The monoisotopic (exact) mass is 259 g/mol. The zero-order valence-electron chi connectivity index (χ0n) is 11.6. The van der Waals surface area contributed by atoms with Gasteiger partial charge in [-0.1, -0.05) is 6.92 Å². The van der Waals surface area contributed by atoms with E-state index in [1.54, 1.807) is 6.92 Å². The highest BCUT2D eigenvalue weighted by Crippen LogP contribution is 2.08. The summed E-state index contributed by atoms with van der Waals surface area (Å²) in [6.45, 7) is 7.95. The summed E-state index contributed by atoms with van der Waals surface area (Å²) in [4.78, 5) is 23.9. The summed E-state index contributed by atoms with van der Waals surface area (Å²) in [6.07, 6.45) is 2.01. The number of hydrogen-bond acceptors (Lipinski definition) is 4. The first-order valence-electron chi connectivity index (χ1n) is 6.62. The van der Waals surface area contributed by atoms with Crippen molar-refractivity contribution in [2.45, 2.75) is 52.5 Å². The second-order valence-electron chi connectivity index (χ2n) is 4.32. The number of rotatable bonds is 10. The van der Waals surface area contributed by atoms with Crippen LogP contribution in [0.5, 0.6) is 0 Å². The zero-order chi connectivity index (χ0) is 14.0. The number of aliphatic carboxylic acids is 1. The van der Waals surface area contributed by atoms with Crippen LogP contribution in [-0.4, -0.2) is 47.7 Å². The molecule has 18 heavy (non-hydrogen) atoms. The first-order chi connectivity index (χ1) is 8.51. The van der Waals surface area contributed by atoms with Crippen molar-refractivity contribution in [2.75, 3.05) is 19.7 Å². The topological polar surface area (TPSA) is 66.8 Å². The van der Waals surface area contributed by atoms with Gasteiger partial charge in [0.1, 0.15) is 0 Å². The van der Waals surface area contributed by atoms with Gasteiger partial charge in [-0.05, 0) is 39.8 Å². The van der Waals surface area contributed by atoms with Crippen LogP contribution in [0.15, 0.2) is 0 Å². The molecule has 0 aliphatic rings. The van der Waals surface area contributed by atoms with Crippen molar-refractivity contribution >= 4 is 11.9 Å². The fourth-order valence-corrected chi connectivity index (χ4v) is 1.86. The van der Waals surface area contributed by atoms with Crippen LogP contribution in [0, 0.1) is 0 Å². The van der Waals surface area contributed by atoms with Crippen molar-refractivity contribution in [1.82, 2.24) is 4.90 Å². The van der Waals surface area contributed by atoms with Crippen molar-refractivity contribution in [3.8, 4) is 0 Å². The number of ether oxygens (including phenoxy) is 1. The van der Waals surface area contributed by atoms with Gasteiger partial charge in [-0.15, -0.1) is 0 Å². The number of carboxylic acids is 1. The number of carboxylic acid groups (broad SMARTS) is 1. The van der Waals surface area contributed by atoms with Crippen LogP contribution in [0.25, 0.3) is 0 Å². The lowest BCUT2D eigenvalue weighted by Gasteiger charge is -2.27. The highest BCUT2D eigenvalue weighted by Gasteiger charge is 2.13. The van der Waals surface area contributed by atoms with Crippen molar-refractivity contribution in [1.29, 1.82) is 0 Å². The Bertz CT molecular complexity index is 255. The van der Waals surface area contributed by atoms with E-state index in [0.717, 1.165) is 19.5 Å². The van der Waals surface area contributed by atoms with E-state index in [2.05, 4.69) is 4.90 Å². The third-order valence-corrected chi connectivity index (χ3v) is 2.94. The van der Waals surface area contributed by atoms with Crippen LogP contribution in [0.1, 0.15) is 46.5 Å². The maximum Gasteiger partial charge on any atom is 0.305 e. The Labute approximate surface area is 109 Å². The van der Waals surface area contributed by atoms with Gasteiger partial charge in [0.15, 0.2) is 0 Å². The molecule has 0 spiro atoms. The summed E-state index contributed by atoms with van der Waals surface area (Å²) in [5.41, 5.74) is 0. The molecule has 0 bridgehead atoms. The summed E-state index contributed by atoms with van der Waals surface area (Å²) in [7, 11) is 0. The quantitative estimate of drug-likeness (QED) is 0.607. The Kier molecular flexibility index (Phi) is 9.28. The van der Waals surface area contributed by atoms with Crippen LogP contribution >= 0.6 is 0 Å². The minimum Gasteiger partial charge on any atom is -0.481 e. The van der Waals surface area contributed by atoms with Gasteiger partial charge in [0, 0.05) is 18.9 Å². The van der Waals surface area contributed by atoms with Crippen LogP contribution in [0.4, 0.5) is 0 Å². The van der Waals surface area contributed by atoms with Gasteiger partial charge in [0.05, 0.1) is 6.61 Å². The second kappa shape index (κ2) is 9.88. The molecule has 5 nitrogen and oxygen atoms in total. The van der Waals surface area contributed by atoms with E-state index in [1.165, 1.54) is 0 Å². The predicted molar refractivity (Wildman–Crippen MR) is 69.4 cm³/mol. The molecule has 0 fully saturated rings. The van der Waals surface area contributed by atoms with Gasteiger partial charge < -0.3 is 14.7 Å². The van der Waals surface area contributed by atoms with Crippen molar-refractivity contribution in [3.05, 3.63) is 0 Å². The maximum atomic E-state index is 11.2. The molecule has 1 N–H and O–H groups in total. The maximum absolute atomic E-state index is 11.2. The molecule has 0 saturated carbocycles. The number of nitrogens with zero attached hydrogens (tertiary/aromatic N) is 1. The van der Waals surface area contributed by atoms with Gasteiger partial charge in [-0.3, -0.25) is 9.59 Å². The van der Waals surface area contributed by atoms with Gasteiger partial charge in [-0.25, -0.2) is 0 Å².